The number of urea groups is 2. The predicted molar refractivity (Wildman–Crippen MR) is 134 cm³/mol. The van der Waals surface area contributed by atoms with Gasteiger partial charge in [0.1, 0.15) is 11.6 Å². The summed E-state index contributed by atoms with van der Waals surface area (Å²) in [6.45, 7) is 7.75. The first-order chi connectivity index (χ1) is 16.4. The van der Waals surface area contributed by atoms with Crippen molar-refractivity contribution in [3.8, 4) is 0 Å². The Morgan fingerprint density at radius 2 is 1.94 bits per heavy atom. The molecule has 0 spiro atoms. The van der Waals surface area contributed by atoms with Gasteiger partial charge in [-0.2, -0.15) is 5.10 Å². The van der Waals surface area contributed by atoms with Crippen LogP contribution < -0.4 is 25.8 Å². The highest BCUT2D eigenvalue weighted by Crippen LogP contribution is 2.39. The zero-order chi connectivity index (χ0) is 25.7. The average Bonchev–Trinajstić information content (AvgIpc) is 3.29. The molecule has 0 bridgehead atoms. The third-order valence-corrected chi connectivity index (χ3v) is 6.03. The van der Waals surface area contributed by atoms with Gasteiger partial charge in [0.15, 0.2) is 0 Å². The molecule has 4 amide bonds. The van der Waals surface area contributed by atoms with Crippen molar-refractivity contribution in [1.82, 2.24) is 14.8 Å². The van der Waals surface area contributed by atoms with Crippen molar-refractivity contribution in [2.75, 3.05) is 34.1 Å². The van der Waals surface area contributed by atoms with Gasteiger partial charge in [0, 0.05) is 43.7 Å². The van der Waals surface area contributed by atoms with E-state index in [2.05, 4.69) is 15.4 Å². The van der Waals surface area contributed by atoms with Crippen molar-refractivity contribution >= 4 is 40.6 Å². The molecule has 1 aromatic carbocycles. The van der Waals surface area contributed by atoms with Crippen LogP contribution in [0, 0.1) is 12.7 Å². The molecule has 1 aliphatic heterocycles. The molecule has 0 saturated heterocycles. The minimum Gasteiger partial charge on any atom is -0.373 e. The molecular formula is C24H29FN8O2. The van der Waals surface area contributed by atoms with E-state index in [1.807, 2.05) is 20.8 Å². The summed E-state index contributed by atoms with van der Waals surface area (Å²) in [5.74, 6) is -0.00268. The van der Waals surface area contributed by atoms with Crippen LogP contribution in [0.3, 0.4) is 0 Å². The number of aromatic nitrogens is 3. The standard InChI is InChI=1S/C24H29FN8O2/c1-14-18(31-12-15-10-28-20(27-5)9-19(15)30(6)23(31)35)8-7-17(25)21(14)33(22(26)34)16-11-29-32(13-16)24(2,3)4/h7-11,13H,12H2,1-6H3,(H2,26,34)(H,27,28). The molecule has 2 aromatic heterocycles. The Kier molecular flexibility index (Phi) is 5.87. The van der Waals surface area contributed by atoms with Crippen molar-refractivity contribution in [2.45, 2.75) is 39.8 Å². The van der Waals surface area contributed by atoms with E-state index < -0.39 is 11.8 Å². The number of hydrogen-bond acceptors (Lipinski definition) is 5. The van der Waals surface area contributed by atoms with E-state index >= 15 is 4.39 Å². The van der Waals surface area contributed by atoms with Crippen LogP contribution in [-0.2, 0) is 12.1 Å². The third kappa shape index (κ3) is 4.13. The third-order valence-electron chi connectivity index (χ3n) is 6.03. The summed E-state index contributed by atoms with van der Waals surface area (Å²) >= 11 is 0. The minimum atomic E-state index is -0.867. The molecule has 3 N–H and O–H groups in total. The fraction of sp³-hybridized carbons (Fsp3) is 0.333. The Bertz CT molecular complexity index is 1310. The Morgan fingerprint density at radius 3 is 2.54 bits per heavy atom. The molecule has 0 radical (unpaired) electrons. The summed E-state index contributed by atoms with van der Waals surface area (Å²) in [5, 5.41) is 7.28. The number of hydrogen-bond donors (Lipinski definition) is 2. The highest BCUT2D eigenvalue weighted by Gasteiger charge is 2.33. The van der Waals surface area contributed by atoms with Gasteiger partial charge in [0.05, 0.1) is 41.0 Å². The van der Waals surface area contributed by atoms with Crippen LogP contribution in [-0.4, -0.2) is 40.9 Å². The second-order valence-electron chi connectivity index (χ2n) is 9.40. The highest BCUT2D eigenvalue weighted by atomic mass is 19.1. The molecule has 0 fully saturated rings. The largest absolute Gasteiger partial charge is 0.373 e. The second kappa shape index (κ2) is 8.57. The van der Waals surface area contributed by atoms with E-state index in [1.54, 1.807) is 44.2 Å². The Hall–Kier alpha value is -4.15. The van der Waals surface area contributed by atoms with Crippen LogP contribution in [0.25, 0.3) is 0 Å². The van der Waals surface area contributed by atoms with Crippen molar-refractivity contribution in [2.24, 2.45) is 5.73 Å². The van der Waals surface area contributed by atoms with Crippen LogP contribution in [0.4, 0.5) is 42.5 Å². The molecular weight excluding hydrogens is 451 g/mol. The van der Waals surface area contributed by atoms with Crippen molar-refractivity contribution in [1.29, 1.82) is 0 Å². The van der Waals surface area contributed by atoms with E-state index in [4.69, 9.17) is 5.73 Å². The Balaban J connectivity index is 1.80. The maximum Gasteiger partial charge on any atom is 0.329 e. The van der Waals surface area contributed by atoms with E-state index in [0.29, 0.717) is 22.8 Å². The Labute approximate surface area is 203 Å². The first kappa shape index (κ1) is 24.0. The summed E-state index contributed by atoms with van der Waals surface area (Å²) < 4.78 is 16.9. The first-order valence-corrected chi connectivity index (χ1v) is 11.1. The lowest BCUT2D eigenvalue weighted by atomic mass is 10.1. The van der Waals surface area contributed by atoms with E-state index in [-0.39, 0.29) is 23.8 Å². The van der Waals surface area contributed by atoms with Crippen LogP contribution in [0.2, 0.25) is 0 Å². The summed E-state index contributed by atoms with van der Waals surface area (Å²) in [5.41, 5.74) is 8.05. The summed E-state index contributed by atoms with van der Waals surface area (Å²) in [6.07, 6.45) is 4.80. The van der Waals surface area contributed by atoms with E-state index in [0.717, 1.165) is 16.2 Å². The molecule has 3 heterocycles. The number of nitrogens with two attached hydrogens (primary N) is 1. The number of nitrogens with zero attached hydrogens (tertiary/aromatic N) is 6. The lowest BCUT2D eigenvalue weighted by molar-refractivity contribution is 0.251. The molecule has 10 nitrogen and oxygen atoms in total. The lowest BCUT2D eigenvalue weighted by Gasteiger charge is -2.36. The fourth-order valence-corrected chi connectivity index (χ4v) is 4.14. The fourth-order valence-electron chi connectivity index (χ4n) is 4.14. The molecule has 3 aromatic rings. The molecule has 0 unspecified atom stereocenters. The van der Waals surface area contributed by atoms with E-state index in [1.165, 1.54) is 28.1 Å². The van der Waals surface area contributed by atoms with Crippen LogP contribution in [0.1, 0.15) is 31.9 Å². The number of amides is 4. The number of halogens is 1. The maximum atomic E-state index is 15.2. The molecule has 0 saturated carbocycles. The molecule has 184 valence electrons. The minimum absolute atomic E-state index is 0.0339. The van der Waals surface area contributed by atoms with Crippen LogP contribution >= 0.6 is 0 Å². The molecule has 0 atom stereocenters. The van der Waals surface area contributed by atoms with Gasteiger partial charge in [-0.3, -0.25) is 19.4 Å². The maximum absolute atomic E-state index is 15.2. The normalized spacial score (nSPS) is 13.6. The molecule has 4 rings (SSSR count). The van der Waals surface area contributed by atoms with Crippen LogP contribution in [0.15, 0.2) is 36.8 Å². The number of nitrogens with one attached hydrogen (secondary N) is 1. The van der Waals surface area contributed by atoms with Gasteiger partial charge in [-0.15, -0.1) is 0 Å². The summed E-state index contributed by atoms with van der Waals surface area (Å²) in [7, 11) is 3.42. The number of carbonyl (C=O) groups is 2. The molecule has 0 aliphatic carbocycles. The number of primary amides is 1. The zero-order valence-electron chi connectivity index (χ0n) is 20.6. The lowest BCUT2D eigenvalue weighted by Crippen LogP contribution is -2.46. The summed E-state index contributed by atoms with van der Waals surface area (Å²) in [4.78, 5) is 34.3. The summed E-state index contributed by atoms with van der Waals surface area (Å²) in [6, 6.07) is 3.40. The number of pyridine rings is 1. The number of carbonyl (C=O) groups excluding carboxylic acids is 2. The molecule has 35 heavy (non-hydrogen) atoms. The topological polar surface area (TPSA) is 113 Å². The smallest absolute Gasteiger partial charge is 0.329 e. The van der Waals surface area contributed by atoms with Gasteiger partial charge < -0.3 is 11.1 Å². The van der Waals surface area contributed by atoms with Gasteiger partial charge in [0.2, 0.25) is 0 Å². The number of fused-ring (bicyclic) bond motifs is 1. The first-order valence-electron chi connectivity index (χ1n) is 11.1. The SMILES string of the molecule is CNc1cc2c(cn1)CN(c1ccc(F)c(N(C(N)=O)c3cnn(C(C)(C)C)c3)c1C)C(=O)N2C. The van der Waals surface area contributed by atoms with E-state index in [9.17, 15) is 9.59 Å². The van der Waals surface area contributed by atoms with Crippen LogP contribution in [0.5, 0.6) is 0 Å². The van der Waals surface area contributed by atoms with Crippen molar-refractivity contribution in [3.63, 3.8) is 0 Å². The molecule has 11 heteroatoms. The predicted octanol–water partition coefficient (Wildman–Crippen LogP) is 4.32. The highest BCUT2D eigenvalue weighted by molar-refractivity contribution is 6.07. The van der Waals surface area contributed by atoms with Gasteiger partial charge in [-0.1, -0.05) is 0 Å². The molecule has 1 aliphatic rings. The van der Waals surface area contributed by atoms with Crippen molar-refractivity contribution < 1.29 is 14.0 Å². The number of benzene rings is 1. The number of rotatable bonds is 4. The van der Waals surface area contributed by atoms with Gasteiger partial charge in [-0.25, -0.2) is 19.0 Å². The Morgan fingerprint density at radius 1 is 1.23 bits per heavy atom. The quantitative estimate of drug-likeness (QED) is 0.578. The van der Waals surface area contributed by atoms with Gasteiger partial charge in [0.25, 0.3) is 0 Å². The average molecular weight is 481 g/mol. The second-order valence-corrected chi connectivity index (χ2v) is 9.40. The monoisotopic (exact) mass is 480 g/mol. The number of anilines is 5. The zero-order valence-corrected chi connectivity index (χ0v) is 20.6. The van der Waals surface area contributed by atoms with Crippen molar-refractivity contribution in [3.05, 3.63) is 53.7 Å². The van der Waals surface area contributed by atoms with Gasteiger partial charge in [-0.05, 0) is 39.8 Å². The van der Waals surface area contributed by atoms with Gasteiger partial charge >= 0.3 is 12.1 Å².